The fourth-order valence-corrected chi connectivity index (χ4v) is 2.29. The number of hydrogen-bond acceptors (Lipinski definition) is 2. The number of nitrogens with one attached hydrogen (secondary N) is 2. The van der Waals surface area contributed by atoms with E-state index in [4.69, 9.17) is 11.6 Å². The van der Waals surface area contributed by atoms with Crippen molar-refractivity contribution in [3.8, 4) is 0 Å². The molecule has 0 spiro atoms. The van der Waals surface area contributed by atoms with E-state index in [1.165, 1.54) is 0 Å². The third-order valence-electron chi connectivity index (χ3n) is 3.47. The number of halogens is 1. The molecule has 0 aromatic heterocycles. The minimum Gasteiger partial charge on any atom is -0.356 e. The van der Waals surface area contributed by atoms with Crippen LogP contribution in [-0.2, 0) is 6.54 Å². The van der Waals surface area contributed by atoms with Crippen LogP contribution in [0.4, 0.5) is 0 Å². The summed E-state index contributed by atoms with van der Waals surface area (Å²) in [5.74, 6) is 0.814. The van der Waals surface area contributed by atoms with Gasteiger partial charge in [0.25, 0.3) is 0 Å². The first kappa shape index (κ1) is 17.8. The molecule has 118 valence electrons. The molecule has 5 heteroatoms. The first-order chi connectivity index (χ1) is 10.2. The Bertz CT molecular complexity index is 430. The van der Waals surface area contributed by atoms with Gasteiger partial charge in [-0.3, -0.25) is 4.99 Å². The summed E-state index contributed by atoms with van der Waals surface area (Å²) in [6.07, 6.45) is 1.11. The highest BCUT2D eigenvalue weighted by molar-refractivity contribution is 6.31. The van der Waals surface area contributed by atoms with Crippen LogP contribution in [0.2, 0.25) is 5.02 Å². The quantitative estimate of drug-likeness (QED) is 0.440. The maximum atomic E-state index is 6.14. The van der Waals surface area contributed by atoms with Gasteiger partial charge in [-0.1, -0.05) is 43.6 Å². The van der Waals surface area contributed by atoms with Gasteiger partial charge < -0.3 is 15.5 Å². The zero-order valence-electron chi connectivity index (χ0n) is 13.3. The molecule has 1 aromatic carbocycles. The average Bonchev–Trinajstić information content (AvgIpc) is 2.52. The molecule has 0 aliphatic carbocycles. The Morgan fingerprint density at radius 2 is 1.90 bits per heavy atom. The molecule has 0 saturated carbocycles. The highest BCUT2D eigenvalue weighted by Gasteiger charge is 2.02. The molecular weight excluding hydrogens is 284 g/mol. The summed E-state index contributed by atoms with van der Waals surface area (Å²) >= 11 is 6.14. The summed E-state index contributed by atoms with van der Waals surface area (Å²) in [6, 6.07) is 7.84. The average molecular weight is 311 g/mol. The van der Waals surface area contributed by atoms with Crippen molar-refractivity contribution in [2.75, 3.05) is 33.2 Å². The fourth-order valence-electron chi connectivity index (χ4n) is 2.09. The maximum absolute atomic E-state index is 6.14. The van der Waals surface area contributed by atoms with Gasteiger partial charge in [0.2, 0.25) is 0 Å². The standard InChI is InChI=1S/C16H27ClN4/c1-4-21(5-2)12-8-11-19-16(18-3)20-13-14-9-6-7-10-15(14)17/h6-7,9-10H,4-5,8,11-13H2,1-3H3,(H2,18,19,20). The lowest BCUT2D eigenvalue weighted by Gasteiger charge is -2.18. The lowest BCUT2D eigenvalue weighted by atomic mass is 10.2. The second-order valence-corrected chi connectivity index (χ2v) is 5.23. The highest BCUT2D eigenvalue weighted by Crippen LogP contribution is 2.14. The molecule has 0 bridgehead atoms. The second-order valence-electron chi connectivity index (χ2n) is 4.82. The molecule has 0 heterocycles. The van der Waals surface area contributed by atoms with E-state index >= 15 is 0 Å². The number of benzene rings is 1. The molecule has 1 aromatic rings. The molecule has 0 atom stereocenters. The van der Waals surface area contributed by atoms with Crippen molar-refractivity contribution < 1.29 is 0 Å². The van der Waals surface area contributed by atoms with Gasteiger partial charge in [-0.25, -0.2) is 0 Å². The SMILES string of the molecule is CCN(CC)CCCNC(=NC)NCc1ccccc1Cl. The molecule has 0 unspecified atom stereocenters. The number of nitrogens with zero attached hydrogens (tertiary/aromatic N) is 2. The molecule has 1 rings (SSSR count). The van der Waals surface area contributed by atoms with Crippen molar-refractivity contribution in [3.63, 3.8) is 0 Å². The zero-order chi connectivity index (χ0) is 15.5. The maximum Gasteiger partial charge on any atom is 0.191 e. The smallest absolute Gasteiger partial charge is 0.191 e. The molecular formula is C16H27ClN4. The minimum atomic E-state index is 0.676. The van der Waals surface area contributed by atoms with Gasteiger partial charge in [0.15, 0.2) is 5.96 Å². The molecule has 21 heavy (non-hydrogen) atoms. The van der Waals surface area contributed by atoms with Crippen molar-refractivity contribution in [2.45, 2.75) is 26.8 Å². The van der Waals surface area contributed by atoms with E-state index in [1.807, 2.05) is 24.3 Å². The summed E-state index contributed by atoms with van der Waals surface area (Å²) in [5, 5.41) is 7.39. The largest absolute Gasteiger partial charge is 0.356 e. The lowest BCUT2D eigenvalue weighted by molar-refractivity contribution is 0.300. The van der Waals surface area contributed by atoms with Crippen molar-refractivity contribution in [1.82, 2.24) is 15.5 Å². The van der Waals surface area contributed by atoms with E-state index in [0.717, 1.165) is 49.1 Å². The van der Waals surface area contributed by atoms with Crippen molar-refractivity contribution in [1.29, 1.82) is 0 Å². The van der Waals surface area contributed by atoms with Crippen LogP contribution in [0.1, 0.15) is 25.8 Å². The normalized spacial score (nSPS) is 11.8. The number of hydrogen-bond donors (Lipinski definition) is 2. The molecule has 2 N–H and O–H groups in total. The lowest BCUT2D eigenvalue weighted by Crippen LogP contribution is -2.38. The van der Waals surface area contributed by atoms with Crippen molar-refractivity contribution in [2.24, 2.45) is 4.99 Å². The van der Waals surface area contributed by atoms with E-state index in [0.29, 0.717) is 6.54 Å². The van der Waals surface area contributed by atoms with Crippen LogP contribution in [0.3, 0.4) is 0 Å². The summed E-state index contributed by atoms with van der Waals surface area (Å²) < 4.78 is 0. The van der Waals surface area contributed by atoms with Gasteiger partial charge in [0, 0.05) is 25.2 Å². The van der Waals surface area contributed by atoms with Gasteiger partial charge in [-0.15, -0.1) is 0 Å². The Morgan fingerprint density at radius 3 is 2.52 bits per heavy atom. The third kappa shape index (κ3) is 6.82. The molecule has 0 aliphatic rings. The molecule has 0 amide bonds. The fraction of sp³-hybridized carbons (Fsp3) is 0.562. The van der Waals surface area contributed by atoms with Crippen molar-refractivity contribution in [3.05, 3.63) is 34.9 Å². The number of aliphatic imine (C=N–C) groups is 1. The Hall–Kier alpha value is -1.26. The van der Waals surface area contributed by atoms with Crippen LogP contribution in [0.15, 0.2) is 29.3 Å². The zero-order valence-corrected chi connectivity index (χ0v) is 14.1. The van der Waals surface area contributed by atoms with Crippen LogP contribution in [-0.4, -0.2) is 44.1 Å². The van der Waals surface area contributed by atoms with E-state index in [2.05, 4.69) is 34.4 Å². The minimum absolute atomic E-state index is 0.676. The van der Waals surface area contributed by atoms with E-state index in [-0.39, 0.29) is 0 Å². The summed E-state index contributed by atoms with van der Waals surface area (Å²) in [6.45, 7) is 9.31. The Balaban J connectivity index is 2.28. The Morgan fingerprint density at radius 1 is 1.19 bits per heavy atom. The monoisotopic (exact) mass is 310 g/mol. The predicted molar refractivity (Wildman–Crippen MR) is 92.1 cm³/mol. The summed E-state index contributed by atoms with van der Waals surface area (Å²) in [5.41, 5.74) is 1.07. The third-order valence-corrected chi connectivity index (χ3v) is 3.83. The van der Waals surface area contributed by atoms with E-state index < -0.39 is 0 Å². The van der Waals surface area contributed by atoms with Gasteiger partial charge in [0.05, 0.1) is 0 Å². The van der Waals surface area contributed by atoms with Crippen LogP contribution in [0.25, 0.3) is 0 Å². The van der Waals surface area contributed by atoms with Gasteiger partial charge in [-0.2, -0.15) is 0 Å². The molecule has 0 radical (unpaired) electrons. The van der Waals surface area contributed by atoms with Crippen molar-refractivity contribution >= 4 is 17.6 Å². The van der Waals surface area contributed by atoms with Crippen LogP contribution >= 0.6 is 11.6 Å². The molecule has 0 aliphatic heterocycles. The highest BCUT2D eigenvalue weighted by atomic mass is 35.5. The Labute approximate surface area is 133 Å². The second kappa shape index (κ2) is 10.5. The van der Waals surface area contributed by atoms with E-state index in [1.54, 1.807) is 7.05 Å². The molecule has 0 saturated heterocycles. The molecule has 0 fully saturated rings. The number of rotatable bonds is 8. The van der Waals surface area contributed by atoms with Crippen LogP contribution in [0.5, 0.6) is 0 Å². The first-order valence-electron chi connectivity index (χ1n) is 7.61. The topological polar surface area (TPSA) is 39.7 Å². The van der Waals surface area contributed by atoms with Gasteiger partial charge in [-0.05, 0) is 37.7 Å². The van der Waals surface area contributed by atoms with Crippen LogP contribution in [0, 0.1) is 0 Å². The van der Waals surface area contributed by atoms with E-state index in [9.17, 15) is 0 Å². The summed E-state index contributed by atoms with van der Waals surface area (Å²) in [7, 11) is 1.78. The van der Waals surface area contributed by atoms with Gasteiger partial charge in [0.1, 0.15) is 0 Å². The predicted octanol–water partition coefficient (Wildman–Crippen LogP) is 2.74. The van der Waals surface area contributed by atoms with Crippen LogP contribution < -0.4 is 10.6 Å². The van der Waals surface area contributed by atoms with Gasteiger partial charge >= 0.3 is 0 Å². The molecule has 4 nitrogen and oxygen atoms in total. The Kier molecular flexibility index (Phi) is 8.87. The number of guanidine groups is 1. The summed E-state index contributed by atoms with van der Waals surface area (Å²) in [4.78, 5) is 6.65. The first-order valence-corrected chi connectivity index (χ1v) is 7.99.